The molecular weight excluding hydrogens is 266 g/mol. The van der Waals surface area contributed by atoms with Crippen molar-refractivity contribution in [2.24, 2.45) is 5.84 Å². The smallest absolute Gasteiger partial charge is 0.218 e. The normalized spacial score (nSPS) is 12.2. The van der Waals surface area contributed by atoms with Crippen LogP contribution in [0, 0.1) is 0 Å². The third kappa shape index (κ3) is 3.51. The monoisotopic (exact) mass is 287 g/mol. The highest BCUT2D eigenvalue weighted by molar-refractivity contribution is 5.44. The van der Waals surface area contributed by atoms with Gasteiger partial charge in [0.25, 0.3) is 0 Å². The Morgan fingerprint density at radius 2 is 1.81 bits per heavy atom. The number of nitrogens with two attached hydrogens (primary N) is 1. The Morgan fingerprint density at radius 3 is 2.48 bits per heavy atom. The highest BCUT2D eigenvalue weighted by Crippen LogP contribution is 2.33. The second-order valence-electron chi connectivity index (χ2n) is 4.91. The largest absolute Gasteiger partial charge is 0.491 e. The first-order valence-electron chi connectivity index (χ1n) is 6.88. The summed E-state index contributed by atoms with van der Waals surface area (Å²) in [5, 5.41) is 0. The molecule has 1 unspecified atom stereocenters. The number of hydrogen-bond donors (Lipinski definition) is 2. The number of hydrogen-bond acceptors (Lipinski definition) is 5. The Hall–Kier alpha value is -2.11. The zero-order valence-corrected chi connectivity index (χ0v) is 12.5. The van der Waals surface area contributed by atoms with E-state index in [1.807, 2.05) is 50.2 Å². The molecule has 0 aliphatic rings. The van der Waals surface area contributed by atoms with Gasteiger partial charge in [0.05, 0.1) is 19.3 Å². The zero-order valence-electron chi connectivity index (χ0n) is 12.5. The lowest BCUT2D eigenvalue weighted by molar-refractivity contribution is 0.238. The van der Waals surface area contributed by atoms with Gasteiger partial charge < -0.3 is 9.47 Å². The summed E-state index contributed by atoms with van der Waals surface area (Å²) in [5.41, 5.74) is 4.63. The molecule has 3 N–H and O–H groups in total. The van der Waals surface area contributed by atoms with Gasteiger partial charge in [-0.3, -0.25) is 5.84 Å². The highest BCUT2D eigenvalue weighted by Gasteiger charge is 2.21. The first-order valence-corrected chi connectivity index (χ1v) is 6.88. The van der Waals surface area contributed by atoms with Gasteiger partial charge in [-0.25, -0.2) is 10.4 Å². The Bertz CT molecular complexity index is 587. The van der Waals surface area contributed by atoms with Gasteiger partial charge in [-0.1, -0.05) is 24.3 Å². The Balaban J connectivity index is 2.46. The van der Waals surface area contributed by atoms with Crippen LogP contribution in [-0.4, -0.2) is 18.2 Å². The number of nitrogens with zero attached hydrogens (tertiary/aromatic N) is 1. The third-order valence-electron chi connectivity index (χ3n) is 3.06. The lowest BCUT2D eigenvalue weighted by atomic mass is 9.99. The molecule has 21 heavy (non-hydrogen) atoms. The number of hydrazine groups is 1. The zero-order chi connectivity index (χ0) is 15.2. The minimum Gasteiger partial charge on any atom is -0.491 e. The van der Waals surface area contributed by atoms with E-state index >= 15 is 0 Å². The fraction of sp³-hybridized carbons (Fsp3) is 0.312. The van der Waals surface area contributed by atoms with E-state index in [1.165, 1.54) is 0 Å². The lowest BCUT2D eigenvalue weighted by Gasteiger charge is -2.22. The Kier molecular flexibility index (Phi) is 5.14. The predicted octanol–water partition coefficient (Wildman–Crippen LogP) is 2.43. The molecule has 0 radical (unpaired) electrons. The molecule has 0 fully saturated rings. The number of methoxy groups -OCH3 is 1. The molecular formula is C16H21N3O2. The maximum atomic E-state index is 5.87. The van der Waals surface area contributed by atoms with Crippen molar-refractivity contribution in [2.75, 3.05) is 7.11 Å². The van der Waals surface area contributed by atoms with Crippen LogP contribution in [0.3, 0.4) is 0 Å². The summed E-state index contributed by atoms with van der Waals surface area (Å²) in [7, 11) is 1.59. The van der Waals surface area contributed by atoms with E-state index in [9.17, 15) is 0 Å². The van der Waals surface area contributed by atoms with Gasteiger partial charge in [0, 0.05) is 17.3 Å². The number of benzene rings is 1. The quantitative estimate of drug-likeness (QED) is 0.631. The molecule has 2 rings (SSSR count). The number of rotatable bonds is 6. The molecule has 112 valence electrons. The number of pyridine rings is 1. The summed E-state index contributed by atoms with van der Waals surface area (Å²) in [6, 6.07) is 11.3. The molecule has 0 bridgehead atoms. The minimum atomic E-state index is -0.261. The molecule has 5 heteroatoms. The lowest BCUT2D eigenvalue weighted by Crippen LogP contribution is -2.30. The number of nitrogens with one attached hydrogen (secondary N) is 1. The maximum absolute atomic E-state index is 5.87. The van der Waals surface area contributed by atoms with Crippen LogP contribution in [0.15, 0.2) is 42.6 Å². The van der Waals surface area contributed by atoms with Crippen LogP contribution in [0.2, 0.25) is 0 Å². The summed E-state index contributed by atoms with van der Waals surface area (Å²) >= 11 is 0. The van der Waals surface area contributed by atoms with Crippen molar-refractivity contribution in [1.29, 1.82) is 0 Å². The average Bonchev–Trinajstić information content (AvgIpc) is 2.49. The Labute approximate surface area is 125 Å². The van der Waals surface area contributed by atoms with E-state index in [0.717, 1.165) is 16.9 Å². The third-order valence-corrected chi connectivity index (χ3v) is 3.06. The van der Waals surface area contributed by atoms with E-state index in [1.54, 1.807) is 13.3 Å². The van der Waals surface area contributed by atoms with Gasteiger partial charge in [0.1, 0.15) is 5.75 Å². The summed E-state index contributed by atoms with van der Waals surface area (Å²) in [5.74, 6) is 7.11. The molecule has 0 aliphatic heterocycles. The molecule has 1 atom stereocenters. The van der Waals surface area contributed by atoms with Crippen molar-refractivity contribution in [3.63, 3.8) is 0 Å². The first-order chi connectivity index (χ1) is 10.2. The molecule has 0 aliphatic carbocycles. The van der Waals surface area contributed by atoms with Gasteiger partial charge in [-0.15, -0.1) is 0 Å². The molecule has 1 aromatic heterocycles. The van der Waals surface area contributed by atoms with Crippen LogP contribution < -0.4 is 20.7 Å². The van der Waals surface area contributed by atoms with Crippen LogP contribution in [0.25, 0.3) is 0 Å². The molecule has 1 aromatic carbocycles. The standard InChI is InChI=1S/C16H21N3O2/c1-11(2)21-14-9-5-4-7-12(14)15(19-17)13-8-6-10-18-16(13)20-3/h4-11,15,19H,17H2,1-3H3. The van der Waals surface area contributed by atoms with Crippen molar-refractivity contribution >= 4 is 0 Å². The summed E-state index contributed by atoms with van der Waals surface area (Å²) < 4.78 is 11.2. The van der Waals surface area contributed by atoms with Gasteiger partial charge >= 0.3 is 0 Å². The molecule has 5 nitrogen and oxygen atoms in total. The van der Waals surface area contributed by atoms with Gasteiger partial charge in [0.15, 0.2) is 0 Å². The van der Waals surface area contributed by atoms with E-state index in [0.29, 0.717) is 5.88 Å². The first kappa shape index (κ1) is 15.3. The number of ether oxygens (including phenoxy) is 2. The SMILES string of the molecule is COc1ncccc1C(NN)c1ccccc1OC(C)C. The average molecular weight is 287 g/mol. The second kappa shape index (κ2) is 7.06. The van der Waals surface area contributed by atoms with Crippen LogP contribution in [0.5, 0.6) is 11.6 Å². The van der Waals surface area contributed by atoms with Crippen molar-refractivity contribution in [3.8, 4) is 11.6 Å². The van der Waals surface area contributed by atoms with Crippen molar-refractivity contribution in [1.82, 2.24) is 10.4 Å². The summed E-state index contributed by atoms with van der Waals surface area (Å²) in [6.45, 7) is 3.98. The van der Waals surface area contributed by atoms with Crippen molar-refractivity contribution < 1.29 is 9.47 Å². The second-order valence-corrected chi connectivity index (χ2v) is 4.91. The van der Waals surface area contributed by atoms with E-state index in [2.05, 4.69) is 10.4 Å². The minimum absolute atomic E-state index is 0.0837. The number of para-hydroxylation sites is 1. The molecule has 0 amide bonds. The molecule has 1 heterocycles. The van der Waals surface area contributed by atoms with Crippen LogP contribution in [0.4, 0.5) is 0 Å². The van der Waals surface area contributed by atoms with Crippen molar-refractivity contribution in [3.05, 3.63) is 53.7 Å². The van der Waals surface area contributed by atoms with Gasteiger partial charge in [0.2, 0.25) is 5.88 Å². The molecule has 0 saturated heterocycles. The Morgan fingerprint density at radius 1 is 1.10 bits per heavy atom. The fourth-order valence-electron chi connectivity index (χ4n) is 2.22. The van der Waals surface area contributed by atoms with E-state index in [-0.39, 0.29) is 12.1 Å². The summed E-state index contributed by atoms with van der Waals surface area (Å²) in [4.78, 5) is 4.22. The van der Waals surface area contributed by atoms with Gasteiger partial charge in [-0.05, 0) is 26.0 Å². The van der Waals surface area contributed by atoms with Crippen molar-refractivity contribution in [2.45, 2.75) is 26.0 Å². The predicted molar refractivity (Wildman–Crippen MR) is 82.2 cm³/mol. The highest BCUT2D eigenvalue weighted by atomic mass is 16.5. The van der Waals surface area contributed by atoms with Crippen LogP contribution >= 0.6 is 0 Å². The molecule has 0 spiro atoms. The molecule has 2 aromatic rings. The molecule has 0 saturated carbocycles. The fourth-order valence-corrected chi connectivity index (χ4v) is 2.22. The van der Waals surface area contributed by atoms with Crippen LogP contribution in [-0.2, 0) is 0 Å². The topological polar surface area (TPSA) is 69.4 Å². The number of aromatic nitrogens is 1. The van der Waals surface area contributed by atoms with E-state index < -0.39 is 0 Å². The van der Waals surface area contributed by atoms with E-state index in [4.69, 9.17) is 15.3 Å². The van der Waals surface area contributed by atoms with Gasteiger partial charge in [-0.2, -0.15) is 0 Å². The summed E-state index contributed by atoms with van der Waals surface area (Å²) in [6.07, 6.45) is 1.77. The van der Waals surface area contributed by atoms with Crippen LogP contribution in [0.1, 0.15) is 31.0 Å². The maximum Gasteiger partial charge on any atom is 0.218 e.